The van der Waals surface area contributed by atoms with Gasteiger partial charge in [0.1, 0.15) is 24.3 Å². The van der Waals surface area contributed by atoms with Crippen LogP contribution in [0.3, 0.4) is 0 Å². The van der Waals surface area contributed by atoms with Crippen LogP contribution in [0.4, 0.5) is 4.39 Å². The minimum Gasteiger partial charge on any atom is -0.491 e. The van der Waals surface area contributed by atoms with Crippen LogP contribution in [-0.2, 0) is 6.54 Å². The van der Waals surface area contributed by atoms with Crippen molar-refractivity contribution in [1.82, 2.24) is 9.80 Å². The van der Waals surface area contributed by atoms with Crippen molar-refractivity contribution in [3.05, 3.63) is 65.5 Å². The zero-order valence-electron chi connectivity index (χ0n) is 16.4. The van der Waals surface area contributed by atoms with Crippen molar-refractivity contribution in [2.24, 2.45) is 0 Å². The van der Waals surface area contributed by atoms with Crippen LogP contribution in [0.25, 0.3) is 0 Å². The van der Waals surface area contributed by atoms with Gasteiger partial charge in [-0.15, -0.1) is 0 Å². The topological polar surface area (TPSA) is 59.7 Å². The summed E-state index contributed by atoms with van der Waals surface area (Å²) in [7, 11) is 0. The lowest BCUT2D eigenvalue weighted by Gasteiger charge is -2.41. The molecule has 6 heteroatoms. The van der Waals surface area contributed by atoms with E-state index in [0.29, 0.717) is 29.9 Å². The molecule has 2 saturated heterocycles. The van der Waals surface area contributed by atoms with Crippen LogP contribution in [0.15, 0.2) is 48.5 Å². The second kappa shape index (κ2) is 8.91. The van der Waals surface area contributed by atoms with Gasteiger partial charge in [0.25, 0.3) is 0 Å². The first-order valence-corrected chi connectivity index (χ1v) is 10.1. The van der Waals surface area contributed by atoms with Gasteiger partial charge in [0.05, 0.1) is 11.6 Å². The fourth-order valence-electron chi connectivity index (χ4n) is 4.47. The summed E-state index contributed by atoms with van der Waals surface area (Å²) in [4.78, 5) is 4.86. The molecule has 152 valence electrons. The molecule has 2 aromatic rings. The third-order valence-electron chi connectivity index (χ3n) is 5.88. The SMILES string of the molecule is N#Cc1ccc(OCC(O)CN2C3CCC2CN(Cc2ccc(F)cc2)C3)cc1. The molecule has 1 N–H and O–H groups in total. The number of aliphatic hydroxyl groups excluding tert-OH is 1. The molecule has 0 amide bonds. The first-order valence-electron chi connectivity index (χ1n) is 10.1. The number of hydrogen-bond donors (Lipinski definition) is 1. The normalized spacial score (nSPS) is 22.9. The number of rotatable bonds is 7. The number of piperazine rings is 1. The number of aliphatic hydroxyl groups is 1. The van der Waals surface area contributed by atoms with Crippen LogP contribution in [0.2, 0.25) is 0 Å². The molecule has 2 heterocycles. The number of nitriles is 1. The van der Waals surface area contributed by atoms with Crippen molar-refractivity contribution in [3.63, 3.8) is 0 Å². The molecule has 4 rings (SSSR count). The number of benzene rings is 2. The lowest BCUT2D eigenvalue weighted by Crippen LogP contribution is -2.55. The van der Waals surface area contributed by atoms with Crippen LogP contribution < -0.4 is 4.74 Å². The molecule has 5 nitrogen and oxygen atoms in total. The fraction of sp³-hybridized carbons (Fsp3) is 0.435. The molecule has 3 unspecified atom stereocenters. The number of halogens is 1. The van der Waals surface area contributed by atoms with Gasteiger partial charge in [-0.1, -0.05) is 12.1 Å². The zero-order chi connectivity index (χ0) is 20.2. The van der Waals surface area contributed by atoms with Gasteiger partial charge in [0.15, 0.2) is 0 Å². The molecule has 0 aliphatic carbocycles. The number of fused-ring (bicyclic) bond motifs is 2. The van der Waals surface area contributed by atoms with Crippen molar-refractivity contribution in [1.29, 1.82) is 5.26 Å². The highest BCUT2D eigenvalue weighted by molar-refractivity contribution is 5.34. The van der Waals surface area contributed by atoms with E-state index >= 15 is 0 Å². The second-order valence-corrected chi connectivity index (χ2v) is 8.00. The molecule has 0 saturated carbocycles. The monoisotopic (exact) mass is 395 g/mol. The van der Waals surface area contributed by atoms with Crippen molar-refractivity contribution in [2.75, 3.05) is 26.2 Å². The molecule has 2 bridgehead atoms. The smallest absolute Gasteiger partial charge is 0.123 e. The molecule has 29 heavy (non-hydrogen) atoms. The summed E-state index contributed by atoms with van der Waals surface area (Å²) in [6.45, 7) is 3.62. The Morgan fingerprint density at radius 1 is 1.07 bits per heavy atom. The highest BCUT2D eigenvalue weighted by Crippen LogP contribution is 2.31. The fourth-order valence-corrected chi connectivity index (χ4v) is 4.47. The minimum atomic E-state index is -0.558. The molecule has 0 spiro atoms. The van der Waals surface area contributed by atoms with Gasteiger partial charge >= 0.3 is 0 Å². The molecule has 0 radical (unpaired) electrons. The summed E-state index contributed by atoms with van der Waals surface area (Å²) in [6, 6.07) is 16.6. The van der Waals surface area contributed by atoms with Gasteiger partial charge in [0.2, 0.25) is 0 Å². The maximum absolute atomic E-state index is 13.1. The first kappa shape index (κ1) is 19.8. The van der Waals surface area contributed by atoms with Crippen molar-refractivity contribution in [2.45, 2.75) is 37.6 Å². The number of ether oxygens (including phenoxy) is 1. The average Bonchev–Trinajstić information content (AvgIpc) is 2.96. The molecule has 3 atom stereocenters. The van der Waals surface area contributed by atoms with Gasteiger partial charge in [-0.3, -0.25) is 9.80 Å². The lowest BCUT2D eigenvalue weighted by atomic mass is 10.1. The van der Waals surface area contributed by atoms with Gasteiger partial charge in [-0.05, 0) is 54.8 Å². The summed E-state index contributed by atoms with van der Waals surface area (Å²) in [5, 5.41) is 19.3. The van der Waals surface area contributed by atoms with E-state index in [9.17, 15) is 9.50 Å². The third-order valence-corrected chi connectivity index (χ3v) is 5.88. The Bertz CT molecular complexity index is 836. The standard InChI is InChI=1S/C23H26FN3O2/c24-19-5-1-18(2-6-19)12-26-13-20-7-8-21(14-26)27(20)15-22(28)16-29-23-9-3-17(11-25)4-10-23/h1-6,9-10,20-22,28H,7-8,12-16H2. The Labute approximate surface area is 170 Å². The van der Waals surface area contributed by atoms with Crippen LogP contribution in [0.5, 0.6) is 5.75 Å². The summed E-state index contributed by atoms with van der Waals surface area (Å²) in [5.74, 6) is 0.464. The van der Waals surface area contributed by atoms with E-state index < -0.39 is 6.10 Å². The predicted molar refractivity (Wildman–Crippen MR) is 108 cm³/mol. The first-order chi connectivity index (χ1) is 14.1. The van der Waals surface area contributed by atoms with E-state index in [1.807, 2.05) is 12.1 Å². The van der Waals surface area contributed by atoms with Crippen molar-refractivity contribution in [3.8, 4) is 11.8 Å². The largest absolute Gasteiger partial charge is 0.491 e. The highest BCUT2D eigenvalue weighted by Gasteiger charge is 2.40. The van der Waals surface area contributed by atoms with E-state index in [0.717, 1.165) is 38.0 Å². The quantitative estimate of drug-likeness (QED) is 0.781. The van der Waals surface area contributed by atoms with Crippen LogP contribution in [-0.4, -0.2) is 59.3 Å². The Kier molecular flexibility index (Phi) is 6.10. The average molecular weight is 395 g/mol. The number of likely N-dealkylation sites (tertiary alicyclic amines) is 1. The van der Waals surface area contributed by atoms with Gasteiger partial charge in [-0.2, -0.15) is 5.26 Å². The molecule has 2 aliphatic heterocycles. The Morgan fingerprint density at radius 2 is 1.72 bits per heavy atom. The van der Waals surface area contributed by atoms with Crippen molar-refractivity contribution < 1.29 is 14.2 Å². The van der Waals surface area contributed by atoms with Crippen molar-refractivity contribution >= 4 is 0 Å². The van der Waals surface area contributed by atoms with Gasteiger partial charge in [0, 0.05) is 38.3 Å². The van der Waals surface area contributed by atoms with E-state index in [2.05, 4.69) is 15.9 Å². The molecule has 2 aliphatic rings. The summed E-state index contributed by atoms with van der Waals surface area (Å²) >= 11 is 0. The molecule has 0 aromatic heterocycles. The van der Waals surface area contributed by atoms with Crippen LogP contribution in [0, 0.1) is 17.1 Å². The van der Waals surface area contributed by atoms with E-state index in [4.69, 9.17) is 10.00 Å². The predicted octanol–water partition coefficient (Wildman–Crippen LogP) is 2.79. The number of hydrogen-bond acceptors (Lipinski definition) is 5. The Morgan fingerprint density at radius 3 is 2.34 bits per heavy atom. The van der Waals surface area contributed by atoms with E-state index in [-0.39, 0.29) is 12.4 Å². The lowest BCUT2D eigenvalue weighted by molar-refractivity contribution is 0.00914. The van der Waals surface area contributed by atoms with Gasteiger partial charge < -0.3 is 9.84 Å². The molecular weight excluding hydrogens is 369 g/mol. The molecular formula is C23H26FN3O2. The minimum absolute atomic E-state index is 0.198. The Balaban J connectivity index is 1.26. The summed E-state index contributed by atoms with van der Waals surface area (Å²) in [5.41, 5.74) is 1.73. The summed E-state index contributed by atoms with van der Waals surface area (Å²) in [6.07, 6.45) is 1.74. The zero-order valence-corrected chi connectivity index (χ0v) is 16.4. The maximum Gasteiger partial charge on any atom is 0.123 e. The van der Waals surface area contributed by atoms with Gasteiger partial charge in [-0.25, -0.2) is 4.39 Å². The summed E-state index contributed by atoms with van der Waals surface area (Å²) < 4.78 is 18.8. The van der Waals surface area contributed by atoms with E-state index in [1.165, 1.54) is 12.1 Å². The number of nitrogens with zero attached hydrogens (tertiary/aromatic N) is 3. The Hall–Kier alpha value is -2.46. The highest BCUT2D eigenvalue weighted by atomic mass is 19.1. The van der Waals surface area contributed by atoms with Crippen LogP contribution >= 0.6 is 0 Å². The van der Waals surface area contributed by atoms with E-state index in [1.54, 1.807) is 24.3 Å². The van der Waals surface area contributed by atoms with Crippen LogP contribution in [0.1, 0.15) is 24.0 Å². The third kappa shape index (κ3) is 4.94. The molecule has 2 aromatic carbocycles. The molecule has 2 fully saturated rings. The maximum atomic E-state index is 13.1. The second-order valence-electron chi connectivity index (χ2n) is 8.00.